The molecule has 2 aliphatic rings. The number of aromatic hydroxyl groups is 1. The summed E-state index contributed by atoms with van der Waals surface area (Å²) in [6.45, 7) is 4.56. The molecule has 1 aromatic carbocycles. The molecule has 3 N–H and O–H groups in total. The van der Waals surface area contributed by atoms with Crippen molar-refractivity contribution in [2.45, 2.75) is 33.2 Å². The van der Waals surface area contributed by atoms with Gasteiger partial charge in [0.2, 0.25) is 0 Å². The van der Waals surface area contributed by atoms with Crippen LogP contribution in [0, 0.1) is 11.7 Å². The van der Waals surface area contributed by atoms with Crippen LogP contribution in [0.3, 0.4) is 0 Å². The number of nitrogens with zero attached hydrogens (tertiary/aromatic N) is 2. The van der Waals surface area contributed by atoms with Gasteiger partial charge in [-0.3, -0.25) is 14.4 Å². The van der Waals surface area contributed by atoms with Crippen molar-refractivity contribution in [1.82, 2.24) is 4.57 Å². The standard InChI is InChI=1S/C19H20FN3O5S.CH2O2/c1-10(2)3-6-21-13-9-12-15(20)17(23-14(24)5-8-29(23,27)28)18(25)11-4-7-22(16(11)12)19(13)26;2-1-3/h5,8-10,21,25H,3-4,6-7H2,1-2H3;1H,(H,2,3). The predicted octanol–water partition coefficient (Wildman–Crippen LogP) is 1.75. The molecule has 0 spiro atoms. The van der Waals surface area contributed by atoms with Gasteiger partial charge in [-0.05, 0) is 24.8 Å². The number of halogens is 1. The lowest BCUT2D eigenvalue weighted by molar-refractivity contribution is -0.122. The van der Waals surface area contributed by atoms with E-state index in [1.165, 1.54) is 10.6 Å². The zero-order valence-electron chi connectivity index (χ0n) is 17.3. The molecule has 2 aliphatic heterocycles. The van der Waals surface area contributed by atoms with Gasteiger partial charge in [-0.15, -0.1) is 0 Å². The largest absolute Gasteiger partial charge is 0.505 e. The van der Waals surface area contributed by atoms with Crippen LogP contribution in [0.2, 0.25) is 0 Å². The van der Waals surface area contributed by atoms with Crippen LogP contribution in [-0.2, 0) is 32.6 Å². The number of nitrogens with one attached hydrogen (secondary N) is 1. The van der Waals surface area contributed by atoms with Crippen LogP contribution in [0.15, 0.2) is 22.3 Å². The second-order valence-electron chi connectivity index (χ2n) is 7.68. The maximum Gasteiger partial charge on any atom is 0.290 e. The number of phenolic OH excluding ortho intramolecular Hbond substituents is 1. The van der Waals surface area contributed by atoms with Crippen LogP contribution >= 0.6 is 0 Å². The monoisotopic (exact) mass is 467 g/mol. The van der Waals surface area contributed by atoms with Crippen LogP contribution in [0.5, 0.6) is 5.75 Å². The number of hydrogen-bond acceptors (Lipinski definition) is 7. The Kier molecular flexibility index (Phi) is 6.26. The molecule has 1 amide bonds. The van der Waals surface area contributed by atoms with Gasteiger partial charge in [0.05, 0.1) is 10.9 Å². The number of anilines is 2. The quantitative estimate of drug-likeness (QED) is 0.564. The van der Waals surface area contributed by atoms with Gasteiger partial charge in [0.25, 0.3) is 28.0 Å². The molecule has 12 heteroatoms. The first kappa shape index (κ1) is 23.3. The third-order valence-electron chi connectivity index (χ3n) is 5.19. The number of rotatable bonds is 5. The number of benzene rings is 1. The highest BCUT2D eigenvalue weighted by Gasteiger charge is 2.38. The molecule has 2 aromatic rings. The molecule has 0 atom stereocenters. The Morgan fingerprint density at radius 3 is 2.53 bits per heavy atom. The summed E-state index contributed by atoms with van der Waals surface area (Å²) in [5.74, 6) is -2.26. The van der Waals surface area contributed by atoms with Crippen molar-refractivity contribution in [2.75, 3.05) is 16.2 Å². The van der Waals surface area contributed by atoms with Gasteiger partial charge < -0.3 is 20.1 Å². The zero-order chi connectivity index (χ0) is 23.8. The van der Waals surface area contributed by atoms with E-state index in [0.717, 1.165) is 12.5 Å². The molecule has 0 aliphatic carbocycles. The number of carbonyl (C=O) groups is 2. The number of phenols is 1. The third-order valence-corrected chi connectivity index (χ3v) is 6.54. The highest BCUT2D eigenvalue weighted by Crippen LogP contribution is 2.44. The topological polar surface area (TPSA) is 146 Å². The number of carboxylic acid groups (broad SMARTS) is 1. The Labute approximate surface area is 182 Å². The average Bonchev–Trinajstić information content (AvgIpc) is 3.26. The van der Waals surface area contributed by atoms with Crippen molar-refractivity contribution in [1.29, 1.82) is 0 Å². The first-order valence-corrected chi connectivity index (χ1v) is 11.2. The van der Waals surface area contributed by atoms with Crippen molar-refractivity contribution in [2.24, 2.45) is 5.92 Å². The lowest BCUT2D eigenvalue weighted by Gasteiger charge is -2.20. The zero-order valence-corrected chi connectivity index (χ0v) is 18.1. The van der Waals surface area contributed by atoms with E-state index in [2.05, 4.69) is 5.32 Å². The van der Waals surface area contributed by atoms with E-state index >= 15 is 4.39 Å². The number of sulfonamides is 1. The molecule has 3 heterocycles. The van der Waals surface area contributed by atoms with Crippen molar-refractivity contribution in [3.05, 3.63) is 39.3 Å². The predicted molar refractivity (Wildman–Crippen MR) is 116 cm³/mol. The van der Waals surface area contributed by atoms with Crippen molar-refractivity contribution >= 4 is 44.7 Å². The van der Waals surface area contributed by atoms with E-state index in [0.29, 0.717) is 17.9 Å². The number of pyridine rings is 1. The molecule has 32 heavy (non-hydrogen) atoms. The highest BCUT2D eigenvalue weighted by molar-refractivity contribution is 7.97. The van der Waals surface area contributed by atoms with Gasteiger partial charge >= 0.3 is 0 Å². The summed E-state index contributed by atoms with van der Waals surface area (Å²) in [5.41, 5.74) is -0.381. The Morgan fingerprint density at radius 2 is 1.97 bits per heavy atom. The molecular formula is C20H22FN3O7S. The van der Waals surface area contributed by atoms with E-state index in [1.54, 1.807) is 0 Å². The van der Waals surface area contributed by atoms with Crippen LogP contribution in [0.4, 0.5) is 15.8 Å². The van der Waals surface area contributed by atoms with Crippen LogP contribution < -0.4 is 15.2 Å². The second-order valence-corrected chi connectivity index (χ2v) is 9.35. The summed E-state index contributed by atoms with van der Waals surface area (Å²) in [4.78, 5) is 33.2. The lowest BCUT2D eigenvalue weighted by atomic mass is 10.0. The molecule has 0 saturated carbocycles. The molecule has 10 nitrogen and oxygen atoms in total. The Hall–Kier alpha value is -3.41. The molecular weight excluding hydrogens is 445 g/mol. The fourth-order valence-electron chi connectivity index (χ4n) is 3.76. The summed E-state index contributed by atoms with van der Waals surface area (Å²) in [6.07, 6.45) is 1.82. The maximum atomic E-state index is 15.5. The van der Waals surface area contributed by atoms with E-state index in [-0.39, 0.29) is 51.5 Å². The fraction of sp³-hybridized carbons (Fsp3) is 0.350. The smallest absolute Gasteiger partial charge is 0.290 e. The van der Waals surface area contributed by atoms with Crippen molar-refractivity contribution < 1.29 is 32.6 Å². The van der Waals surface area contributed by atoms with Gasteiger partial charge in [0, 0.05) is 30.1 Å². The Bertz CT molecular complexity index is 1300. The van der Waals surface area contributed by atoms with Gasteiger partial charge in [0.1, 0.15) is 17.1 Å². The molecule has 0 saturated heterocycles. The van der Waals surface area contributed by atoms with Crippen LogP contribution in [0.1, 0.15) is 25.8 Å². The van der Waals surface area contributed by atoms with Crippen LogP contribution in [0.25, 0.3) is 10.9 Å². The highest BCUT2D eigenvalue weighted by atomic mass is 32.2. The third kappa shape index (κ3) is 3.81. The molecule has 172 valence electrons. The van der Waals surface area contributed by atoms with Gasteiger partial charge in [-0.25, -0.2) is 12.8 Å². The molecule has 0 unspecified atom stereocenters. The molecule has 4 rings (SSSR count). The normalized spacial score (nSPS) is 15.9. The Morgan fingerprint density at radius 1 is 1.31 bits per heavy atom. The first-order chi connectivity index (χ1) is 15.0. The summed E-state index contributed by atoms with van der Waals surface area (Å²) >= 11 is 0. The van der Waals surface area contributed by atoms with Gasteiger partial charge in [-0.2, -0.15) is 4.31 Å². The van der Waals surface area contributed by atoms with Crippen molar-refractivity contribution in [3.8, 4) is 5.75 Å². The van der Waals surface area contributed by atoms with Gasteiger partial charge in [-0.1, -0.05) is 13.8 Å². The number of hydrogen-bond donors (Lipinski definition) is 3. The van der Waals surface area contributed by atoms with E-state index < -0.39 is 33.2 Å². The first-order valence-electron chi connectivity index (χ1n) is 9.75. The van der Waals surface area contributed by atoms with Crippen molar-refractivity contribution in [3.63, 3.8) is 0 Å². The maximum absolute atomic E-state index is 15.5. The van der Waals surface area contributed by atoms with Crippen LogP contribution in [-0.4, -0.2) is 42.1 Å². The second kappa shape index (κ2) is 8.61. The SMILES string of the molecule is CC(C)CCNc1cc2c(F)c(N3C(=O)C=CS3(=O)=O)c(O)c3c2n(c1=O)CC3.O=CO. The fourth-order valence-corrected chi connectivity index (χ4v) is 4.91. The number of aryl methyl sites for hydroxylation is 2. The molecule has 0 fully saturated rings. The summed E-state index contributed by atoms with van der Waals surface area (Å²) in [5, 5.41) is 21.2. The lowest BCUT2D eigenvalue weighted by Crippen LogP contribution is -2.31. The summed E-state index contributed by atoms with van der Waals surface area (Å²) in [7, 11) is -4.23. The number of carbonyl (C=O) groups excluding carboxylic acids is 1. The number of amides is 1. The minimum atomic E-state index is -4.23. The number of aromatic nitrogens is 1. The Balaban J connectivity index is 0.000000913. The summed E-state index contributed by atoms with van der Waals surface area (Å²) < 4.78 is 41.5. The molecule has 0 bridgehead atoms. The minimum Gasteiger partial charge on any atom is -0.505 e. The van der Waals surface area contributed by atoms with E-state index in [4.69, 9.17) is 9.90 Å². The summed E-state index contributed by atoms with van der Waals surface area (Å²) in [6, 6.07) is 1.32. The van der Waals surface area contributed by atoms with Gasteiger partial charge in [0.15, 0.2) is 5.82 Å². The van der Waals surface area contributed by atoms with E-state index in [9.17, 15) is 23.1 Å². The average molecular weight is 467 g/mol. The molecule has 1 aromatic heterocycles. The minimum absolute atomic E-state index is 0.0214. The molecule has 0 radical (unpaired) electrons. The van der Waals surface area contributed by atoms with E-state index in [1.807, 2.05) is 13.8 Å².